The molecule has 76 valence electrons. The minimum Gasteiger partial charge on any atom is -0.351 e. The lowest BCUT2D eigenvalue weighted by molar-refractivity contribution is 0.351. The van der Waals surface area contributed by atoms with Crippen LogP contribution in [0.3, 0.4) is 0 Å². The zero-order valence-corrected chi connectivity index (χ0v) is 9.97. The minimum atomic E-state index is 0.0591. The van der Waals surface area contributed by atoms with E-state index in [1.165, 1.54) is 5.84 Å². The Labute approximate surface area is 82.0 Å². The van der Waals surface area contributed by atoms with Crippen molar-refractivity contribution in [3.63, 3.8) is 0 Å². The second kappa shape index (κ2) is 2.73. The summed E-state index contributed by atoms with van der Waals surface area (Å²) in [5.74, 6) is 1.26. The summed E-state index contributed by atoms with van der Waals surface area (Å²) in [6.45, 7) is 13.2. The molecule has 13 heavy (non-hydrogen) atoms. The fourth-order valence-electron chi connectivity index (χ4n) is 1.73. The molecular formula is C11H22N2. The van der Waals surface area contributed by atoms with Crippen LogP contribution in [0.25, 0.3) is 0 Å². The average Bonchev–Trinajstić information content (AvgIpc) is 2.34. The first kappa shape index (κ1) is 10.6. The van der Waals surface area contributed by atoms with Crippen molar-refractivity contribution < 1.29 is 0 Å². The SMILES string of the molecule is CN1C(=NC(C)(C)C)C1C(C)(C)C. The first-order valence-corrected chi connectivity index (χ1v) is 4.95. The first-order valence-electron chi connectivity index (χ1n) is 4.95. The topological polar surface area (TPSA) is 15.4 Å². The van der Waals surface area contributed by atoms with Crippen LogP contribution in [-0.2, 0) is 0 Å². The standard InChI is InChI=1S/C11H22N2/c1-10(2,3)8-9(13(8)7)12-11(4,5)6/h8H,1-7H3. The van der Waals surface area contributed by atoms with Crippen molar-refractivity contribution in [2.75, 3.05) is 7.05 Å². The van der Waals surface area contributed by atoms with Gasteiger partial charge in [-0.25, -0.2) is 0 Å². The maximum Gasteiger partial charge on any atom is 0.123 e. The molecule has 1 atom stereocenters. The van der Waals surface area contributed by atoms with Crippen molar-refractivity contribution in [2.45, 2.75) is 53.1 Å². The van der Waals surface area contributed by atoms with Crippen LogP contribution in [0.15, 0.2) is 4.99 Å². The number of hydrogen-bond donors (Lipinski definition) is 0. The molecule has 0 aromatic rings. The molecule has 0 saturated carbocycles. The zero-order valence-electron chi connectivity index (χ0n) is 9.97. The molecular weight excluding hydrogens is 160 g/mol. The number of amidine groups is 1. The molecule has 1 unspecified atom stereocenters. The molecule has 1 heterocycles. The van der Waals surface area contributed by atoms with Gasteiger partial charge in [0.2, 0.25) is 0 Å². The average molecular weight is 182 g/mol. The first-order chi connectivity index (χ1) is 5.63. The molecule has 2 heteroatoms. The Balaban J connectivity index is 2.75. The number of nitrogens with zero attached hydrogens (tertiary/aromatic N) is 2. The van der Waals surface area contributed by atoms with E-state index < -0.39 is 0 Å². The van der Waals surface area contributed by atoms with Crippen LogP contribution in [0.5, 0.6) is 0 Å². The van der Waals surface area contributed by atoms with E-state index in [0.717, 1.165) is 0 Å². The number of likely N-dealkylation sites (N-methyl/N-ethyl adjacent to an activating group) is 1. The third kappa shape index (κ3) is 2.45. The Hall–Kier alpha value is -0.530. The Bertz CT molecular complexity index is 227. The highest BCUT2D eigenvalue weighted by Gasteiger charge is 2.48. The lowest BCUT2D eigenvalue weighted by Crippen LogP contribution is -2.18. The van der Waals surface area contributed by atoms with Gasteiger partial charge in [-0.2, -0.15) is 0 Å². The number of rotatable bonds is 0. The van der Waals surface area contributed by atoms with Gasteiger partial charge in [-0.1, -0.05) is 20.8 Å². The van der Waals surface area contributed by atoms with Gasteiger partial charge in [0.05, 0.1) is 11.6 Å². The van der Waals surface area contributed by atoms with Gasteiger partial charge >= 0.3 is 0 Å². The van der Waals surface area contributed by atoms with Gasteiger partial charge in [0, 0.05) is 7.05 Å². The Morgan fingerprint density at radius 1 is 1.08 bits per heavy atom. The quantitative estimate of drug-likeness (QED) is 0.526. The van der Waals surface area contributed by atoms with Gasteiger partial charge in [-0.05, 0) is 26.2 Å². The summed E-state index contributed by atoms with van der Waals surface area (Å²) in [5.41, 5.74) is 0.377. The zero-order chi connectivity index (χ0) is 10.4. The summed E-state index contributed by atoms with van der Waals surface area (Å²) in [6, 6.07) is 0.548. The molecule has 1 fully saturated rings. The van der Waals surface area contributed by atoms with Gasteiger partial charge in [-0.15, -0.1) is 0 Å². The Kier molecular flexibility index (Phi) is 2.21. The normalized spacial score (nSPS) is 26.8. The number of hydrogen-bond acceptors (Lipinski definition) is 1. The third-order valence-corrected chi connectivity index (χ3v) is 2.20. The molecule has 0 aromatic carbocycles. The summed E-state index contributed by atoms with van der Waals surface area (Å²) in [4.78, 5) is 6.96. The second-order valence-electron chi connectivity index (χ2n) is 6.02. The van der Waals surface area contributed by atoms with Gasteiger partial charge in [0.1, 0.15) is 5.84 Å². The molecule has 1 rings (SSSR count). The summed E-state index contributed by atoms with van der Waals surface area (Å²) in [6.07, 6.45) is 0. The van der Waals surface area contributed by atoms with Gasteiger partial charge in [0.15, 0.2) is 0 Å². The Morgan fingerprint density at radius 2 is 1.54 bits per heavy atom. The molecule has 0 spiro atoms. The van der Waals surface area contributed by atoms with Crippen molar-refractivity contribution in [3.05, 3.63) is 0 Å². The van der Waals surface area contributed by atoms with Gasteiger partial charge in [0.25, 0.3) is 0 Å². The molecule has 1 aliphatic rings. The van der Waals surface area contributed by atoms with Crippen LogP contribution in [-0.4, -0.2) is 29.4 Å². The molecule has 1 saturated heterocycles. The van der Waals surface area contributed by atoms with Crippen LogP contribution >= 0.6 is 0 Å². The van der Waals surface area contributed by atoms with Crippen LogP contribution in [0.1, 0.15) is 41.5 Å². The maximum absolute atomic E-state index is 4.69. The lowest BCUT2D eigenvalue weighted by atomic mass is 9.92. The predicted octanol–water partition coefficient (Wildman–Crippen LogP) is 2.54. The van der Waals surface area contributed by atoms with E-state index >= 15 is 0 Å². The second-order valence-corrected chi connectivity index (χ2v) is 6.02. The summed E-state index contributed by atoms with van der Waals surface area (Å²) in [5, 5.41) is 0. The van der Waals surface area contributed by atoms with Crippen molar-refractivity contribution >= 4 is 5.84 Å². The molecule has 0 aromatic heterocycles. The van der Waals surface area contributed by atoms with Crippen LogP contribution < -0.4 is 0 Å². The van der Waals surface area contributed by atoms with Crippen molar-refractivity contribution in [1.82, 2.24) is 4.90 Å². The summed E-state index contributed by atoms with van der Waals surface area (Å²) >= 11 is 0. The van der Waals surface area contributed by atoms with E-state index in [1.54, 1.807) is 0 Å². The van der Waals surface area contributed by atoms with Crippen LogP contribution in [0.2, 0.25) is 0 Å². The van der Waals surface area contributed by atoms with Crippen LogP contribution in [0.4, 0.5) is 0 Å². The van der Waals surface area contributed by atoms with E-state index in [0.29, 0.717) is 11.5 Å². The lowest BCUT2D eigenvalue weighted by Gasteiger charge is -2.15. The fraction of sp³-hybridized carbons (Fsp3) is 0.909. The smallest absolute Gasteiger partial charge is 0.123 e. The molecule has 0 amide bonds. The van der Waals surface area contributed by atoms with E-state index in [4.69, 9.17) is 4.99 Å². The highest BCUT2D eigenvalue weighted by atomic mass is 15.4. The monoisotopic (exact) mass is 182 g/mol. The van der Waals surface area contributed by atoms with Crippen molar-refractivity contribution in [3.8, 4) is 0 Å². The molecule has 0 radical (unpaired) electrons. The van der Waals surface area contributed by atoms with E-state index in [-0.39, 0.29) is 5.54 Å². The fourth-order valence-corrected chi connectivity index (χ4v) is 1.73. The molecule has 0 bridgehead atoms. The van der Waals surface area contributed by atoms with Gasteiger partial charge in [-0.3, -0.25) is 4.99 Å². The van der Waals surface area contributed by atoms with Gasteiger partial charge < -0.3 is 4.90 Å². The molecule has 1 aliphatic heterocycles. The highest BCUT2D eigenvalue weighted by molar-refractivity contribution is 6.02. The summed E-state index contributed by atoms with van der Waals surface area (Å²) < 4.78 is 0. The van der Waals surface area contributed by atoms with E-state index in [1.807, 2.05) is 0 Å². The molecule has 0 aliphatic carbocycles. The van der Waals surface area contributed by atoms with E-state index in [9.17, 15) is 0 Å². The predicted molar refractivity (Wildman–Crippen MR) is 58.2 cm³/mol. The highest BCUT2D eigenvalue weighted by Crippen LogP contribution is 2.36. The largest absolute Gasteiger partial charge is 0.351 e. The van der Waals surface area contributed by atoms with Crippen LogP contribution in [0, 0.1) is 5.41 Å². The van der Waals surface area contributed by atoms with E-state index in [2.05, 4.69) is 53.5 Å². The molecule has 0 N–H and O–H groups in total. The maximum atomic E-state index is 4.69. The Morgan fingerprint density at radius 3 is 1.77 bits per heavy atom. The third-order valence-electron chi connectivity index (χ3n) is 2.20. The minimum absolute atomic E-state index is 0.0591. The summed E-state index contributed by atoms with van der Waals surface area (Å²) in [7, 11) is 2.13. The van der Waals surface area contributed by atoms with Crippen molar-refractivity contribution in [2.24, 2.45) is 10.4 Å². The molecule has 2 nitrogen and oxygen atoms in total. The van der Waals surface area contributed by atoms with Crippen molar-refractivity contribution in [1.29, 1.82) is 0 Å². The number of aliphatic imine (C=N–C) groups is 1.